The fourth-order valence-electron chi connectivity index (χ4n) is 1.43. The molecule has 2 aromatic heterocycles. The van der Waals surface area contributed by atoms with Crippen LogP contribution in [0.2, 0.25) is 0 Å². The summed E-state index contributed by atoms with van der Waals surface area (Å²) in [4.78, 5) is 8.25. The van der Waals surface area contributed by atoms with Crippen molar-refractivity contribution >= 4 is 51.2 Å². The molecule has 3 rings (SSSR count). The molecule has 0 bridgehead atoms. The van der Waals surface area contributed by atoms with Crippen LogP contribution >= 0.6 is 22.6 Å². The van der Waals surface area contributed by atoms with E-state index in [4.69, 9.17) is 5.73 Å². The van der Waals surface area contributed by atoms with Gasteiger partial charge in [0.25, 0.3) is 0 Å². The minimum Gasteiger partial charge on any atom is -0.381 e. The lowest BCUT2D eigenvalue weighted by Gasteiger charge is -2.08. The second kappa shape index (κ2) is 4.37. The molecule has 0 unspecified atom stereocenters. The van der Waals surface area contributed by atoms with E-state index in [1.165, 1.54) is 0 Å². The summed E-state index contributed by atoms with van der Waals surface area (Å²) in [6.45, 7) is 0. The summed E-state index contributed by atoms with van der Waals surface area (Å²) in [6.07, 6.45) is 0. The van der Waals surface area contributed by atoms with Gasteiger partial charge in [0, 0.05) is 3.57 Å². The van der Waals surface area contributed by atoms with Gasteiger partial charge in [0.2, 0.25) is 11.3 Å². The van der Waals surface area contributed by atoms with Gasteiger partial charge in [-0.15, -0.1) is 0 Å². The molecule has 0 fully saturated rings. The van der Waals surface area contributed by atoms with Crippen molar-refractivity contribution in [3.63, 3.8) is 0 Å². The number of nitrogens with two attached hydrogens (primary N) is 1. The minimum atomic E-state index is 0.248. The molecule has 2 heterocycles. The van der Waals surface area contributed by atoms with Crippen LogP contribution in [0.5, 0.6) is 0 Å². The number of nitrogens with one attached hydrogen (secondary N) is 1. The number of para-hydroxylation sites is 1. The summed E-state index contributed by atoms with van der Waals surface area (Å²) in [5.74, 6) is 0.681. The molecule has 8 heteroatoms. The van der Waals surface area contributed by atoms with Gasteiger partial charge in [0.1, 0.15) is 0 Å². The standard InChI is InChI=1S/C10H7IN6O/c11-5-3-1-2-4-6(5)13-8-7(12)14-9-10(15-8)17-18-16-9/h1-4H,(H2,12,14,16)(H,13,15,17). The second-order valence-electron chi connectivity index (χ2n) is 3.47. The molecule has 0 saturated heterocycles. The molecule has 18 heavy (non-hydrogen) atoms. The van der Waals surface area contributed by atoms with E-state index in [-0.39, 0.29) is 5.82 Å². The van der Waals surface area contributed by atoms with E-state index in [0.717, 1.165) is 9.26 Å². The first-order chi connectivity index (χ1) is 8.74. The first kappa shape index (κ1) is 11.1. The van der Waals surface area contributed by atoms with Crippen LogP contribution < -0.4 is 11.1 Å². The minimum absolute atomic E-state index is 0.248. The maximum absolute atomic E-state index is 5.80. The van der Waals surface area contributed by atoms with Crippen LogP contribution in [0, 0.1) is 3.57 Å². The molecule has 90 valence electrons. The number of anilines is 3. The Morgan fingerprint density at radius 1 is 1.11 bits per heavy atom. The lowest BCUT2D eigenvalue weighted by atomic mass is 10.3. The van der Waals surface area contributed by atoms with E-state index in [1.54, 1.807) is 0 Å². The monoisotopic (exact) mass is 354 g/mol. The van der Waals surface area contributed by atoms with Crippen LogP contribution in [0.1, 0.15) is 0 Å². The molecule has 0 amide bonds. The molecule has 7 nitrogen and oxygen atoms in total. The van der Waals surface area contributed by atoms with Crippen LogP contribution in [-0.2, 0) is 0 Å². The normalized spacial score (nSPS) is 10.7. The smallest absolute Gasteiger partial charge is 0.245 e. The summed E-state index contributed by atoms with van der Waals surface area (Å²) in [5, 5.41) is 10.3. The fraction of sp³-hybridized carbons (Fsp3) is 0. The number of fused-ring (bicyclic) bond motifs is 1. The molecule has 1 aromatic carbocycles. The van der Waals surface area contributed by atoms with Crippen molar-refractivity contribution in [3.8, 4) is 0 Å². The third-order valence-corrected chi connectivity index (χ3v) is 3.21. The highest BCUT2D eigenvalue weighted by atomic mass is 127. The molecule has 0 atom stereocenters. The van der Waals surface area contributed by atoms with Gasteiger partial charge in [-0.05, 0) is 45.0 Å². The van der Waals surface area contributed by atoms with Crippen molar-refractivity contribution in [2.45, 2.75) is 0 Å². The van der Waals surface area contributed by atoms with Gasteiger partial charge in [0.05, 0.1) is 5.69 Å². The SMILES string of the molecule is Nc1nc2nonc2nc1Nc1ccccc1I. The fourth-order valence-corrected chi connectivity index (χ4v) is 1.95. The first-order valence-electron chi connectivity index (χ1n) is 5.01. The van der Waals surface area contributed by atoms with Gasteiger partial charge >= 0.3 is 0 Å². The summed E-state index contributed by atoms with van der Waals surface area (Å²) < 4.78 is 5.59. The summed E-state index contributed by atoms with van der Waals surface area (Å²) >= 11 is 2.22. The van der Waals surface area contributed by atoms with Crippen LogP contribution in [-0.4, -0.2) is 20.3 Å². The summed E-state index contributed by atoms with van der Waals surface area (Å²) in [5.41, 5.74) is 7.30. The van der Waals surface area contributed by atoms with Crippen molar-refractivity contribution in [2.75, 3.05) is 11.1 Å². The van der Waals surface area contributed by atoms with Gasteiger partial charge in [-0.2, -0.15) is 0 Å². The van der Waals surface area contributed by atoms with Crippen LogP contribution in [0.25, 0.3) is 11.3 Å². The molecule has 0 aliphatic heterocycles. The highest BCUT2D eigenvalue weighted by molar-refractivity contribution is 14.1. The molecule has 0 aliphatic carbocycles. The van der Waals surface area contributed by atoms with Crippen LogP contribution in [0.4, 0.5) is 17.3 Å². The molecule has 3 N–H and O–H groups in total. The van der Waals surface area contributed by atoms with E-state index >= 15 is 0 Å². The topological polar surface area (TPSA) is 103 Å². The Labute approximate surface area is 115 Å². The Morgan fingerprint density at radius 2 is 1.83 bits per heavy atom. The van der Waals surface area contributed by atoms with E-state index in [2.05, 4.69) is 52.8 Å². The van der Waals surface area contributed by atoms with Gasteiger partial charge in [-0.1, -0.05) is 12.1 Å². The highest BCUT2D eigenvalue weighted by Crippen LogP contribution is 2.24. The molecular weight excluding hydrogens is 347 g/mol. The lowest BCUT2D eigenvalue weighted by molar-refractivity contribution is 0.314. The lowest BCUT2D eigenvalue weighted by Crippen LogP contribution is -2.03. The van der Waals surface area contributed by atoms with Crippen molar-refractivity contribution in [1.29, 1.82) is 0 Å². The number of nitrogen functional groups attached to an aromatic ring is 1. The van der Waals surface area contributed by atoms with Gasteiger partial charge < -0.3 is 11.1 Å². The Morgan fingerprint density at radius 3 is 2.61 bits per heavy atom. The predicted octanol–water partition coefficient (Wildman–Crippen LogP) is 1.94. The molecule has 0 saturated carbocycles. The molecule has 0 spiro atoms. The second-order valence-corrected chi connectivity index (χ2v) is 4.64. The summed E-state index contributed by atoms with van der Waals surface area (Å²) in [6, 6.07) is 7.77. The number of rotatable bonds is 2. The number of benzene rings is 1. The van der Waals surface area contributed by atoms with E-state index < -0.39 is 0 Å². The van der Waals surface area contributed by atoms with E-state index in [1.807, 2.05) is 24.3 Å². The number of hydrogen-bond donors (Lipinski definition) is 2. The number of halogens is 1. The zero-order valence-corrected chi connectivity index (χ0v) is 11.1. The maximum Gasteiger partial charge on any atom is 0.245 e. The predicted molar refractivity (Wildman–Crippen MR) is 74.2 cm³/mol. The molecule has 0 radical (unpaired) electrons. The molecular formula is C10H7IN6O. The highest BCUT2D eigenvalue weighted by Gasteiger charge is 2.11. The average Bonchev–Trinajstić information content (AvgIpc) is 2.79. The van der Waals surface area contributed by atoms with Crippen molar-refractivity contribution in [3.05, 3.63) is 27.8 Å². The van der Waals surface area contributed by atoms with Crippen molar-refractivity contribution < 1.29 is 4.63 Å². The van der Waals surface area contributed by atoms with Gasteiger partial charge in [-0.3, -0.25) is 0 Å². The van der Waals surface area contributed by atoms with Crippen LogP contribution in [0.15, 0.2) is 28.9 Å². The van der Waals surface area contributed by atoms with Crippen molar-refractivity contribution in [2.24, 2.45) is 0 Å². The van der Waals surface area contributed by atoms with Crippen molar-refractivity contribution in [1.82, 2.24) is 20.3 Å². The van der Waals surface area contributed by atoms with Crippen LogP contribution in [0.3, 0.4) is 0 Å². The third-order valence-electron chi connectivity index (χ3n) is 2.27. The Balaban J connectivity index is 2.04. The number of aromatic nitrogens is 4. The Bertz CT molecular complexity index is 712. The number of hydrogen-bond acceptors (Lipinski definition) is 7. The number of nitrogens with zero attached hydrogens (tertiary/aromatic N) is 4. The van der Waals surface area contributed by atoms with E-state index in [9.17, 15) is 0 Å². The Kier molecular flexibility index (Phi) is 2.70. The van der Waals surface area contributed by atoms with Gasteiger partial charge in [0.15, 0.2) is 11.6 Å². The molecule has 3 aromatic rings. The first-order valence-corrected chi connectivity index (χ1v) is 6.09. The zero-order valence-electron chi connectivity index (χ0n) is 8.96. The average molecular weight is 354 g/mol. The maximum atomic E-state index is 5.80. The summed E-state index contributed by atoms with van der Waals surface area (Å²) in [7, 11) is 0. The van der Waals surface area contributed by atoms with Gasteiger partial charge in [-0.25, -0.2) is 14.6 Å². The van der Waals surface area contributed by atoms with E-state index in [0.29, 0.717) is 17.1 Å². The quantitative estimate of drug-likeness (QED) is 0.678. The zero-order chi connectivity index (χ0) is 12.5. The third kappa shape index (κ3) is 1.94. The Hall–Kier alpha value is -1.97. The molecule has 0 aliphatic rings. The largest absolute Gasteiger partial charge is 0.381 e.